The van der Waals surface area contributed by atoms with E-state index in [4.69, 9.17) is 22.6 Å². The Hall–Kier alpha value is -1.86. The molecular weight excluding hydrogens is 224 g/mol. The van der Waals surface area contributed by atoms with Crippen molar-refractivity contribution in [1.82, 2.24) is 9.97 Å². The highest BCUT2D eigenvalue weighted by molar-refractivity contribution is 6.31. The molecule has 0 aliphatic heterocycles. The Bertz CT molecular complexity index is 497. The van der Waals surface area contributed by atoms with E-state index in [1.807, 2.05) is 38.1 Å². The van der Waals surface area contributed by atoms with Gasteiger partial charge in [0.05, 0.1) is 0 Å². The van der Waals surface area contributed by atoms with Crippen LogP contribution < -0.4 is 5.73 Å². The van der Waals surface area contributed by atoms with Crippen LogP contribution >= 0.6 is 11.6 Å². The van der Waals surface area contributed by atoms with Crippen LogP contribution in [0.1, 0.15) is 25.2 Å². The molecule has 1 heterocycles. The molecule has 0 aliphatic rings. The quantitative estimate of drug-likeness (QED) is 0.798. The van der Waals surface area contributed by atoms with Crippen LogP contribution in [0.3, 0.4) is 0 Å². The van der Waals surface area contributed by atoms with E-state index < -0.39 is 0 Å². The molecule has 0 saturated heterocycles. The third-order valence-corrected chi connectivity index (χ3v) is 2.16. The predicted octanol–water partition coefficient (Wildman–Crippen LogP) is 2.56. The Kier molecular flexibility index (Phi) is 4.03. The molecule has 0 aromatic carbocycles. The zero-order valence-electron chi connectivity index (χ0n) is 9.03. The van der Waals surface area contributed by atoms with E-state index in [9.17, 15) is 0 Å². The van der Waals surface area contributed by atoms with Crippen molar-refractivity contribution < 1.29 is 0 Å². The summed E-state index contributed by atoms with van der Waals surface area (Å²) in [5.41, 5.74) is 6.95. The fourth-order valence-electron chi connectivity index (χ4n) is 1.08. The lowest BCUT2D eigenvalue weighted by molar-refractivity contribution is 1.14. The van der Waals surface area contributed by atoms with Crippen LogP contribution in [0.25, 0.3) is 5.57 Å². The molecule has 0 spiro atoms. The Balaban J connectivity index is 3.27. The molecule has 2 N–H and O–H groups in total. The molecule has 5 heteroatoms. The number of nitrogens with two attached hydrogens (primary N) is 1. The minimum Gasteiger partial charge on any atom is -0.381 e. The van der Waals surface area contributed by atoms with Crippen LogP contribution in [-0.2, 0) is 0 Å². The van der Waals surface area contributed by atoms with Crippen LogP contribution in [0.5, 0.6) is 0 Å². The van der Waals surface area contributed by atoms with Gasteiger partial charge in [0, 0.05) is 0 Å². The fraction of sp³-hybridized carbons (Fsp3) is 0.182. The number of nitriles is 1. The summed E-state index contributed by atoms with van der Waals surface area (Å²) in [5.74, 6) is 0.0927. The van der Waals surface area contributed by atoms with E-state index in [0.717, 1.165) is 5.57 Å². The van der Waals surface area contributed by atoms with E-state index in [0.29, 0.717) is 5.69 Å². The Labute approximate surface area is 99.1 Å². The van der Waals surface area contributed by atoms with Crippen LogP contribution in [0.15, 0.2) is 18.2 Å². The summed E-state index contributed by atoms with van der Waals surface area (Å²) in [7, 11) is 0. The maximum absolute atomic E-state index is 8.70. The van der Waals surface area contributed by atoms with E-state index >= 15 is 0 Å². The molecule has 0 fully saturated rings. The minimum atomic E-state index is 0.0487. The highest BCUT2D eigenvalue weighted by Crippen LogP contribution is 2.22. The number of anilines is 1. The van der Waals surface area contributed by atoms with Crippen molar-refractivity contribution in [2.24, 2.45) is 0 Å². The monoisotopic (exact) mass is 234 g/mol. The summed E-state index contributed by atoms with van der Waals surface area (Å²) < 4.78 is 0. The molecule has 0 radical (unpaired) electrons. The van der Waals surface area contributed by atoms with Gasteiger partial charge in [0.2, 0.25) is 0 Å². The zero-order valence-corrected chi connectivity index (χ0v) is 9.78. The van der Waals surface area contributed by atoms with E-state index in [2.05, 4.69) is 9.97 Å². The van der Waals surface area contributed by atoms with E-state index in [1.54, 1.807) is 0 Å². The van der Waals surface area contributed by atoms with E-state index in [-0.39, 0.29) is 16.7 Å². The number of nitrogen functional groups attached to an aromatic ring is 1. The summed E-state index contributed by atoms with van der Waals surface area (Å²) in [6.07, 6.45) is 5.60. The SMILES string of the molecule is C/C=C\C=C(/C)c1nc(N)c(C#N)nc1Cl. The second kappa shape index (κ2) is 5.29. The lowest BCUT2D eigenvalue weighted by atomic mass is 10.2. The third-order valence-electron chi connectivity index (χ3n) is 1.90. The maximum atomic E-state index is 8.70. The standard InChI is InChI=1S/C11H11ClN4/c1-3-4-5-7(2)9-10(12)15-8(6-13)11(14)16-9/h3-5H,1-2H3,(H2,14,16)/b4-3-,7-5+. The molecule has 0 saturated carbocycles. The van der Waals surface area contributed by atoms with Gasteiger partial charge in [0.1, 0.15) is 11.8 Å². The second-order valence-corrected chi connectivity index (χ2v) is 3.44. The van der Waals surface area contributed by atoms with Crippen molar-refractivity contribution >= 4 is 23.0 Å². The number of nitrogens with zero attached hydrogens (tertiary/aromatic N) is 3. The number of aromatic nitrogens is 2. The van der Waals surface area contributed by atoms with Gasteiger partial charge in [-0.05, 0) is 19.4 Å². The average molecular weight is 235 g/mol. The molecular formula is C11H11ClN4. The second-order valence-electron chi connectivity index (χ2n) is 3.08. The molecule has 1 aromatic rings. The van der Waals surface area contributed by atoms with Crippen molar-refractivity contribution in [3.8, 4) is 6.07 Å². The van der Waals surface area contributed by atoms with Gasteiger partial charge in [-0.3, -0.25) is 0 Å². The van der Waals surface area contributed by atoms with Crippen LogP contribution in [-0.4, -0.2) is 9.97 Å². The maximum Gasteiger partial charge on any atom is 0.184 e. The summed E-state index contributed by atoms with van der Waals surface area (Å²) in [6.45, 7) is 3.76. The summed E-state index contributed by atoms with van der Waals surface area (Å²) >= 11 is 5.91. The Morgan fingerprint density at radius 3 is 2.75 bits per heavy atom. The first kappa shape index (κ1) is 12.2. The van der Waals surface area contributed by atoms with Crippen molar-refractivity contribution in [2.45, 2.75) is 13.8 Å². The molecule has 82 valence electrons. The Morgan fingerprint density at radius 2 is 2.19 bits per heavy atom. The van der Waals surface area contributed by atoms with Crippen molar-refractivity contribution in [1.29, 1.82) is 5.26 Å². The van der Waals surface area contributed by atoms with Gasteiger partial charge in [-0.2, -0.15) is 5.26 Å². The van der Waals surface area contributed by atoms with Gasteiger partial charge in [-0.15, -0.1) is 0 Å². The molecule has 16 heavy (non-hydrogen) atoms. The minimum absolute atomic E-state index is 0.0487. The number of rotatable bonds is 2. The number of hydrogen-bond donors (Lipinski definition) is 1. The lowest BCUT2D eigenvalue weighted by Gasteiger charge is -2.04. The first-order chi connectivity index (χ1) is 7.60. The smallest absolute Gasteiger partial charge is 0.184 e. The topological polar surface area (TPSA) is 75.6 Å². The lowest BCUT2D eigenvalue weighted by Crippen LogP contribution is -2.02. The van der Waals surface area contributed by atoms with Crippen LogP contribution in [0.4, 0.5) is 5.82 Å². The molecule has 0 atom stereocenters. The predicted molar refractivity (Wildman–Crippen MR) is 64.6 cm³/mol. The molecule has 0 bridgehead atoms. The van der Waals surface area contributed by atoms with Crippen molar-refractivity contribution in [2.75, 3.05) is 5.73 Å². The van der Waals surface area contributed by atoms with Crippen LogP contribution in [0.2, 0.25) is 5.15 Å². The van der Waals surface area contributed by atoms with Gasteiger partial charge in [-0.1, -0.05) is 29.8 Å². The first-order valence-electron chi connectivity index (χ1n) is 4.63. The normalized spacial score (nSPS) is 11.8. The average Bonchev–Trinajstić information content (AvgIpc) is 2.28. The molecule has 0 unspecified atom stereocenters. The first-order valence-corrected chi connectivity index (χ1v) is 5.01. The summed E-state index contributed by atoms with van der Waals surface area (Å²) in [6, 6.07) is 1.83. The van der Waals surface area contributed by atoms with Crippen LogP contribution in [0, 0.1) is 11.3 Å². The highest BCUT2D eigenvalue weighted by Gasteiger charge is 2.10. The fourth-order valence-corrected chi connectivity index (χ4v) is 1.36. The number of hydrogen-bond acceptors (Lipinski definition) is 4. The van der Waals surface area contributed by atoms with Crippen molar-refractivity contribution in [3.05, 3.63) is 34.8 Å². The number of halogens is 1. The summed E-state index contributed by atoms with van der Waals surface area (Å²) in [5, 5.41) is 8.88. The third kappa shape index (κ3) is 2.59. The van der Waals surface area contributed by atoms with Gasteiger partial charge >= 0.3 is 0 Å². The number of allylic oxidation sites excluding steroid dienone is 4. The Morgan fingerprint density at radius 1 is 1.50 bits per heavy atom. The van der Waals surface area contributed by atoms with E-state index in [1.165, 1.54) is 0 Å². The molecule has 1 aromatic heterocycles. The molecule has 1 rings (SSSR count). The molecule has 0 amide bonds. The zero-order chi connectivity index (χ0) is 12.1. The summed E-state index contributed by atoms with van der Waals surface area (Å²) in [4.78, 5) is 7.93. The van der Waals surface area contributed by atoms with Gasteiger partial charge in [-0.25, -0.2) is 9.97 Å². The molecule has 0 aliphatic carbocycles. The largest absolute Gasteiger partial charge is 0.381 e. The van der Waals surface area contributed by atoms with Crippen molar-refractivity contribution in [3.63, 3.8) is 0 Å². The molecule has 4 nitrogen and oxygen atoms in total. The van der Waals surface area contributed by atoms with Gasteiger partial charge < -0.3 is 5.73 Å². The van der Waals surface area contributed by atoms with Gasteiger partial charge in [0.25, 0.3) is 0 Å². The highest BCUT2D eigenvalue weighted by atomic mass is 35.5. The van der Waals surface area contributed by atoms with Gasteiger partial charge in [0.15, 0.2) is 16.7 Å².